The standard InChI is InChI=1S/C17H23ClN2O2/c1-11-5-6-14(18)13(7-11)16(22)19-9-12-8-15(21)20(10-12)17(2,3)4/h5-7,12H,8-10H2,1-4H3,(H,19,22). The molecule has 1 aromatic rings. The molecule has 1 aromatic carbocycles. The second-order valence-corrected chi connectivity index (χ2v) is 7.35. The van der Waals surface area contributed by atoms with Gasteiger partial charge in [-0.15, -0.1) is 0 Å². The Morgan fingerprint density at radius 2 is 2.09 bits per heavy atom. The van der Waals surface area contributed by atoms with Crippen LogP contribution in [0.3, 0.4) is 0 Å². The van der Waals surface area contributed by atoms with Crippen LogP contribution in [0, 0.1) is 12.8 Å². The summed E-state index contributed by atoms with van der Waals surface area (Å²) in [4.78, 5) is 26.2. The van der Waals surface area contributed by atoms with E-state index in [1.54, 1.807) is 12.1 Å². The van der Waals surface area contributed by atoms with Crippen LogP contribution in [0.4, 0.5) is 0 Å². The smallest absolute Gasteiger partial charge is 0.252 e. The third-order valence-electron chi connectivity index (χ3n) is 3.93. The topological polar surface area (TPSA) is 49.4 Å². The fourth-order valence-corrected chi connectivity index (χ4v) is 2.92. The van der Waals surface area contributed by atoms with Crippen LogP contribution in [0.5, 0.6) is 0 Å². The van der Waals surface area contributed by atoms with Gasteiger partial charge in [-0.1, -0.05) is 23.2 Å². The summed E-state index contributed by atoms with van der Waals surface area (Å²) < 4.78 is 0. The number of carbonyl (C=O) groups excluding carboxylic acids is 2. The average Bonchev–Trinajstić information content (AvgIpc) is 2.80. The number of benzene rings is 1. The summed E-state index contributed by atoms with van der Waals surface area (Å²) in [5.74, 6) is 0.120. The van der Waals surface area contributed by atoms with Crippen molar-refractivity contribution in [1.82, 2.24) is 10.2 Å². The van der Waals surface area contributed by atoms with Gasteiger partial charge in [0.15, 0.2) is 0 Å². The first kappa shape index (κ1) is 16.8. The van der Waals surface area contributed by atoms with E-state index in [1.807, 2.05) is 38.7 Å². The minimum Gasteiger partial charge on any atom is -0.352 e. The molecule has 2 rings (SSSR count). The lowest BCUT2D eigenvalue weighted by molar-refractivity contribution is -0.131. The summed E-state index contributed by atoms with van der Waals surface area (Å²) in [6, 6.07) is 5.38. The Hall–Kier alpha value is -1.55. The zero-order valence-electron chi connectivity index (χ0n) is 13.6. The van der Waals surface area contributed by atoms with Crippen LogP contribution in [0.1, 0.15) is 43.1 Å². The molecule has 1 saturated heterocycles. The molecular formula is C17H23ClN2O2. The third kappa shape index (κ3) is 3.80. The lowest BCUT2D eigenvalue weighted by Crippen LogP contribution is -2.42. The molecule has 0 bridgehead atoms. The van der Waals surface area contributed by atoms with E-state index < -0.39 is 0 Å². The van der Waals surface area contributed by atoms with Crippen molar-refractivity contribution in [3.05, 3.63) is 34.3 Å². The molecule has 1 aliphatic rings. The monoisotopic (exact) mass is 322 g/mol. The number of nitrogens with zero attached hydrogens (tertiary/aromatic N) is 1. The highest BCUT2D eigenvalue weighted by Gasteiger charge is 2.36. The number of aryl methyl sites for hydroxylation is 1. The van der Waals surface area contributed by atoms with E-state index >= 15 is 0 Å². The van der Waals surface area contributed by atoms with Crippen molar-refractivity contribution >= 4 is 23.4 Å². The van der Waals surface area contributed by atoms with E-state index in [0.29, 0.717) is 30.1 Å². The van der Waals surface area contributed by atoms with E-state index in [-0.39, 0.29) is 23.3 Å². The van der Waals surface area contributed by atoms with Crippen LogP contribution in [0.2, 0.25) is 5.02 Å². The maximum atomic E-state index is 12.2. The molecule has 22 heavy (non-hydrogen) atoms. The van der Waals surface area contributed by atoms with Crippen LogP contribution >= 0.6 is 11.6 Å². The Bertz CT molecular complexity index is 593. The van der Waals surface area contributed by atoms with Crippen LogP contribution in [0.15, 0.2) is 18.2 Å². The summed E-state index contributed by atoms with van der Waals surface area (Å²) in [5, 5.41) is 3.35. The molecule has 0 saturated carbocycles. The maximum absolute atomic E-state index is 12.2. The number of rotatable bonds is 3. The number of amides is 2. The Labute approximate surface area is 136 Å². The molecule has 1 atom stereocenters. The third-order valence-corrected chi connectivity index (χ3v) is 4.26. The predicted molar refractivity (Wildman–Crippen MR) is 88.1 cm³/mol. The molecule has 1 heterocycles. The number of carbonyl (C=O) groups is 2. The maximum Gasteiger partial charge on any atom is 0.252 e. The van der Waals surface area contributed by atoms with Crippen molar-refractivity contribution in [1.29, 1.82) is 0 Å². The molecule has 1 aliphatic heterocycles. The number of hydrogen-bond donors (Lipinski definition) is 1. The van der Waals surface area contributed by atoms with E-state index in [4.69, 9.17) is 11.6 Å². The number of likely N-dealkylation sites (tertiary alicyclic amines) is 1. The van der Waals surface area contributed by atoms with E-state index in [2.05, 4.69) is 5.32 Å². The number of halogens is 1. The summed E-state index contributed by atoms with van der Waals surface area (Å²) in [6.07, 6.45) is 0.485. The molecule has 0 aromatic heterocycles. The Balaban J connectivity index is 1.95. The molecule has 4 nitrogen and oxygen atoms in total. The zero-order valence-corrected chi connectivity index (χ0v) is 14.3. The highest BCUT2D eigenvalue weighted by Crippen LogP contribution is 2.25. The highest BCUT2D eigenvalue weighted by molar-refractivity contribution is 6.33. The summed E-state index contributed by atoms with van der Waals surface area (Å²) in [5.41, 5.74) is 1.30. The van der Waals surface area contributed by atoms with Gasteiger partial charge in [0.25, 0.3) is 5.91 Å². The van der Waals surface area contributed by atoms with Gasteiger partial charge in [0.05, 0.1) is 10.6 Å². The fourth-order valence-electron chi connectivity index (χ4n) is 2.71. The van der Waals surface area contributed by atoms with Crippen LogP contribution in [-0.2, 0) is 4.79 Å². The van der Waals surface area contributed by atoms with E-state index in [0.717, 1.165) is 5.56 Å². The Morgan fingerprint density at radius 1 is 1.41 bits per heavy atom. The molecule has 2 amide bonds. The number of hydrogen-bond acceptors (Lipinski definition) is 2. The molecule has 1 unspecified atom stereocenters. The largest absolute Gasteiger partial charge is 0.352 e. The van der Waals surface area contributed by atoms with Crippen molar-refractivity contribution < 1.29 is 9.59 Å². The first-order valence-corrected chi connectivity index (χ1v) is 7.91. The van der Waals surface area contributed by atoms with Gasteiger partial charge in [-0.2, -0.15) is 0 Å². The minimum atomic E-state index is -0.185. The van der Waals surface area contributed by atoms with Gasteiger partial charge in [-0.3, -0.25) is 9.59 Å². The summed E-state index contributed by atoms with van der Waals surface area (Å²) >= 11 is 6.07. The van der Waals surface area contributed by atoms with Gasteiger partial charge < -0.3 is 10.2 Å². The zero-order chi connectivity index (χ0) is 16.5. The average molecular weight is 323 g/mol. The molecule has 120 valence electrons. The molecule has 1 N–H and O–H groups in total. The Morgan fingerprint density at radius 3 is 2.68 bits per heavy atom. The molecule has 0 aliphatic carbocycles. The van der Waals surface area contributed by atoms with Crippen LogP contribution in [0.25, 0.3) is 0 Å². The van der Waals surface area contributed by atoms with E-state index in [1.165, 1.54) is 0 Å². The van der Waals surface area contributed by atoms with Gasteiger partial charge in [0.1, 0.15) is 0 Å². The highest BCUT2D eigenvalue weighted by atomic mass is 35.5. The van der Waals surface area contributed by atoms with Gasteiger partial charge in [0.2, 0.25) is 5.91 Å². The van der Waals surface area contributed by atoms with E-state index in [9.17, 15) is 9.59 Å². The van der Waals surface area contributed by atoms with Crippen molar-refractivity contribution in [3.8, 4) is 0 Å². The van der Waals surface area contributed by atoms with Crippen molar-refractivity contribution in [2.45, 2.75) is 39.7 Å². The summed E-state index contributed by atoms with van der Waals surface area (Å²) in [7, 11) is 0. The number of nitrogens with one attached hydrogen (secondary N) is 1. The summed E-state index contributed by atoms with van der Waals surface area (Å²) in [6.45, 7) is 9.17. The quantitative estimate of drug-likeness (QED) is 0.930. The Kier molecular flexibility index (Phi) is 4.81. The first-order valence-electron chi connectivity index (χ1n) is 7.53. The lowest BCUT2D eigenvalue weighted by atomic mass is 10.1. The van der Waals surface area contributed by atoms with Crippen LogP contribution in [-0.4, -0.2) is 35.3 Å². The second-order valence-electron chi connectivity index (χ2n) is 6.94. The normalized spacial score (nSPS) is 18.7. The molecule has 1 fully saturated rings. The van der Waals surface area contributed by atoms with Gasteiger partial charge >= 0.3 is 0 Å². The molecular weight excluding hydrogens is 300 g/mol. The molecule has 0 radical (unpaired) electrons. The second kappa shape index (κ2) is 6.29. The van der Waals surface area contributed by atoms with Crippen molar-refractivity contribution in [2.75, 3.05) is 13.1 Å². The SMILES string of the molecule is Cc1ccc(Cl)c(C(=O)NCC2CC(=O)N(C(C)(C)C)C2)c1. The molecule has 0 spiro atoms. The van der Waals surface area contributed by atoms with Gasteiger partial charge in [-0.25, -0.2) is 0 Å². The molecule has 5 heteroatoms. The van der Waals surface area contributed by atoms with Crippen molar-refractivity contribution in [3.63, 3.8) is 0 Å². The van der Waals surface area contributed by atoms with Gasteiger partial charge in [0, 0.05) is 31.0 Å². The van der Waals surface area contributed by atoms with Crippen LogP contribution < -0.4 is 5.32 Å². The van der Waals surface area contributed by atoms with Crippen molar-refractivity contribution in [2.24, 2.45) is 5.92 Å². The minimum absolute atomic E-state index is 0.152. The first-order chi connectivity index (χ1) is 10.2. The predicted octanol–water partition coefficient (Wildman–Crippen LogP) is 3.03. The fraction of sp³-hybridized carbons (Fsp3) is 0.529. The lowest BCUT2D eigenvalue weighted by Gasteiger charge is -2.32. The van der Waals surface area contributed by atoms with Gasteiger partial charge in [-0.05, 0) is 39.8 Å².